The average molecular weight is 520 g/mol. The lowest BCUT2D eigenvalue weighted by atomic mass is 9.87. The number of aromatic nitrogens is 2. The summed E-state index contributed by atoms with van der Waals surface area (Å²) in [6, 6.07) is 25.3. The molecule has 1 atom stereocenters. The topological polar surface area (TPSA) is 21.1 Å². The van der Waals surface area contributed by atoms with Gasteiger partial charge in [0.25, 0.3) is 0 Å². The van der Waals surface area contributed by atoms with Crippen molar-refractivity contribution in [2.75, 3.05) is 7.05 Å². The summed E-state index contributed by atoms with van der Waals surface area (Å²) < 4.78 is 2.58. The van der Waals surface area contributed by atoms with Crippen molar-refractivity contribution < 1.29 is 0 Å². The van der Waals surface area contributed by atoms with Gasteiger partial charge in [0.1, 0.15) is 5.82 Å². The van der Waals surface area contributed by atoms with Crippen molar-refractivity contribution in [3.63, 3.8) is 0 Å². The molecule has 0 saturated carbocycles. The van der Waals surface area contributed by atoms with Gasteiger partial charge in [-0.15, -0.1) is 0 Å². The molecule has 5 rings (SSSR count). The number of nitrogens with zero attached hydrogens (tertiary/aromatic N) is 3. The van der Waals surface area contributed by atoms with Crippen LogP contribution in [0, 0.1) is 6.92 Å². The van der Waals surface area contributed by atoms with Gasteiger partial charge in [-0.1, -0.05) is 99.5 Å². The minimum atomic E-state index is 0.438. The van der Waals surface area contributed by atoms with Crippen LogP contribution in [0.15, 0.2) is 66.7 Å². The molecule has 3 heteroatoms. The van der Waals surface area contributed by atoms with Gasteiger partial charge in [0, 0.05) is 30.3 Å². The van der Waals surface area contributed by atoms with Crippen LogP contribution >= 0.6 is 0 Å². The molecule has 1 heterocycles. The van der Waals surface area contributed by atoms with E-state index >= 15 is 0 Å². The first-order chi connectivity index (χ1) is 19.0. The van der Waals surface area contributed by atoms with E-state index in [9.17, 15) is 0 Å². The normalized spacial score (nSPS) is 15.1. The van der Waals surface area contributed by atoms with Gasteiger partial charge in [0.2, 0.25) is 0 Å². The van der Waals surface area contributed by atoms with Crippen LogP contribution in [-0.2, 0) is 32.4 Å². The molecule has 4 aromatic rings. The Kier molecular flexibility index (Phi) is 8.67. The van der Waals surface area contributed by atoms with E-state index in [0.29, 0.717) is 6.04 Å². The highest BCUT2D eigenvalue weighted by Gasteiger charge is 2.28. The molecule has 3 aromatic carbocycles. The van der Waals surface area contributed by atoms with Gasteiger partial charge < -0.3 is 4.57 Å². The largest absolute Gasteiger partial charge is 0.326 e. The maximum atomic E-state index is 5.53. The highest BCUT2D eigenvalue weighted by Crippen LogP contribution is 2.38. The number of hydrogen-bond donors (Lipinski definition) is 0. The third kappa shape index (κ3) is 5.61. The fourth-order valence-corrected chi connectivity index (χ4v) is 6.40. The maximum Gasteiger partial charge on any atom is 0.141 e. The monoisotopic (exact) mass is 519 g/mol. The van der Waals surface area contributed by atoms with E-state index in [1.807, 2.05) is 0 Å². The van der Waals surface area contributed by atoms with Crippen molar-refractivity contribution >= 4 is 0 Å². The molecular weight excluding hydrogens is 474 g/mol. The molecule has 1 aromatic heterocycles. The average Bonchev–Trinajstić information content (AvgIpc) is 3.32. The summed E-state index contributed by atoms with van der Waals surface area (Å²) in [6.07, 6.45) is 7.99. The Morgan fingerprint density at radius 3 is 2.31 bits per heavy atom. The number of aryl methyl sites for hydroxylation is 4. The number of imidazole rings is 1. The van der Waals surface area contributed by atoms with E-state index in [4.69, 9.17) is 4.98 Å². The highest BCUT2D eigenvalue weighted by atomic mass is 15.2. The number of unbranched alkanes of at least 4 members (excludes halogenated alkanes) is 1. The molecule has 204 valence electrons. The quantitative estimate of drug-likeness (QED) is 0.208. The van der Waals surface area contributed by atoms with Crippen molar-refractivity contribution in [1.82, 2.24) is 14.5 Å². The van der Waals surface area contributed by atoms with Crippen LogP contribution in [0.25, 0.3) is 22.6 Å². The number of benzene rings is 3. The highest BCUT2D eigenvalue weighted by molar-refractivity contribution is 5.72. The van der Waals surface area contributed by atoms with Gasteiger partial charge in [-0.3, -0.25) is 4.90 Å². The molecule has 0 radical (unpaired) electrons. The van der Waals surface area contributed by atoms with Gasteiger partial charge in [-0.05, 0) is 74.8 Å². The fourth-order valence-electron chi connectivity index (χ4n) is 6.40. The Labute approximate surface area is 235 Å². The smallest absolute Gasteiger partial charge is 0.141 e. The standard InChI is InChI=1S/C36H45N3/c1-6-9-24-39-33(25-38(5)32-19-13-17-29-14-10-11-18-31(29)32)35(30-22-20-26(4)21-23-30)37-36(39)34-27(7-2)15-12-16-28(34)8-3/h10-12,14-16,18,20-23,32H,6-9,13,17,19,24-25H2,1-5H3. The molecule has 39 heavy (non-hydrogen) atoms. The summed E-state index contributed by atoms with van der Waals surface area (Å²) >= 11 is 0. The Hall–Kier alpha value is -3.17. The Morgan fingerprint density at radius 1 is 0.897 bits per heavy atom. The first-order valence-corrected chi connectivity index (χ1v) is 15.1. The van der Waals surface area contributed by atoms with E-state index in [1.54, 1.807) is 0 Å². The van der Waals surface area contributed by atoms with E-state index in [1.165, 1.54) is 70.3 Å². The summed E-state index contributed by atoms with van der Waals surface area (Å²) in [5.41, 5.74) is 12.2. The zero-order valence-electron chi connectivity index (χ0n) is 24.6. The van der Waals surface area contributed by atoms with Gasteiger partial charge in [-0.25, -0.2) is 4.98 Å². The van der Waals surface area contributed by atoms with Crippen LogP contribution in [-0.4, -0.2) is 21.5 Å². The van der Waals surface area contributed by atoms with Gasteiger partial charge >= 0.3 is 0 Å². The first kappa shape index (κ1) is 27.4. The van der Waals surface area contributed by atoms with Crippen molar-refractivity contribution in [1.29, 1.82) is 0 Å². The number of hydrogen-bond acceptors (Lipinski definition) is 2. The molecule has 0 N–H and O–H groups in total. The molecule has 0 aliphatic heterocycles. The predicted octanol–water partition coefficient (Wildman–Crippen LogP) is 8.96. The minimum absolute atomic E-state index is 0.438. The molecule has 0 fully saturated rings. The zero-order valence-corrected chi connectivity index (χ0v) is 24.6. The third-order valence-electron chi connectivity index (χ3n) is 8.62. The van der Waals surface area contributed by atoms with Crippen molar-refractivity contribution in [2.45, 2.75) is 91.8 Å². The molecule has 1 aliphatic rings. The second kappa shape index (κ2) is 12.3. The van der Waals surface area contributed by atoms with Crippen LogP contribution < -0.4 is 0 Å². The molecule has 1 unspecified atom stereocenters. The van der Waals surface area contributed by atoms with Crippen LogP contribution in [0.2, 0.25) is 0 Å². The summed E-state index contributed by atoms with van der Waals surface area (Å²) in [6.45, 7) is 10.9. The summed E-state index contributed by atoms with van der Waals surface area (Å²) in [4.78, 5) is 8.12. The van der Waals surface area contributed by atoms with E-state index in [2.05, 4.69) is 111 Å². The second-order valence-corrected chi connectivity index (χ2v) is 11.3. The van der Waals surface area contributed by atoms with Crippen LogP contribution in [0.3, 0.4) is 0 Å². The van der Waals surface area contributed by atoms with E-state index < -0.39 is 0 Å². The Morgan fingerprint density at radius 2 is 1.62 bits per heavy atom. The van der Waals surface area contributed by atoms with Crippen LogP contribution in [0.4, 0.5) is 0 Å². The van der Waals surface area contributed by atoms with Gasteiger partial charge in [0.05, 0.1) is 11.4 Å². The number of rotatable bonds is 10. The van der Waals surface area contributed by atoms with E-state index in [-0.39, 0.29) is 0 Å². The first-order valence-electron chi connectivity index (χ1n) is 15.1. The van der Waals surface area contributed by atoms with Crippen molar-refractivity contribution in [2.24, 2.45) is 0 Å². The molecule has 3 nitrogen and oxygen atoms in total. The Balaban J connectivity index is 1.68. The van der Waals surface area contributed by atoms with Crippen LogP contribution in [0.1, 0.15) is 86.0 Å². The lowest BCUT2D eigenvalue weighted by molar-refractivity contribution is 0.208. The number of fused-ring (bicyclic) bond motifs is 1. The molecule has 1 aliphatic carbocycles. The summed E-state index contributed by atoms with van der Waals surface area (Å²) in [7, 11) is 2.32. The molecule has 0 bridgehead atoms. The zero-order chi connectivity index (χ0) is 27.4. The summed E-state index contributed by atoms with van der Waals surface area (Å²) in [5.74, 6) is 1.15. The Bertz CT molecular complexity index is 1370. The lowest BCUT2D eigenvalue weighted by Gasteiger charge is -2.33. The molecule has 0 saturated heterocycles. The van der Waals surface area contributed by atoms with Gasteiger partial charge in [-0.2, -0.15) is 0 Å². The fraction of sp³-hybridized carbons (Fsp3) is 0.417. The van der Waals surface area contributed by atoms with E-state index in [0.717, 1.165) is 43.9 Å². The summed E-state index contributed by atoms with van der Waals surface area (Å²) in [5, 5.41) is 0. The van der Waals surface area contributed by atoms with Gasteiger partial charge in [0.15, 0.2) is 0 Å². The predicted molar refractivity (Wildman–Crippen MR) is 165 cm³/mol. The molecule has 0 amide bonds. The molecule has 0 spiro atoms. The molecular formula is C36H45N3. The lowest BCUT2D eigenvalue weighted by Crippen LogP contribution is -2.28. The SMILES string of the molecule is CCCCn1c(-c2c(CC)cccc2CC)nc(-c2ccc(C)cc2)c1CN(C)C1CCCc2ccccc21. The van der Waals surface area contributed by atoms with Crippen molar-refractivity contribution in [3.8, 4) is 22.6 Å². The third-order valence-corrected chi connectivity index (χ3v) is 8.62. The van der Waals surface area contributed by atoms with Crippen molar-refractivity contribution in [3.05, 3.63) is 100 Å². The maximum absolute atomic E-state index is 5.53. The second-order valence-electron chi connectivity index (χ2n) is 11.3. The minimum Gasteiger partial charge on any atom is -0.326 e. The van der Waals surface area contributed by atoms with Crippen LogP contribution in [0.5, 0.6) is 0 Å².